The zero-order valence-electron chi connectivity index (χ0n) is 12.2. The summed E-state index contributed by atoms with van der Waals surface area (Å²) < 4.78 is 14.5. The molecule has 0 saturated heterocycles. The van der Waals surface area contributed by atoms with Gasteiger partial charge in [0.25, 0.3) is 5.91 Å². The van der Waals surface area contributed by atoms with Gasteiger partial charge in [0.1, 0.15) is 11.5 Å². The summed E-state index contributed by atoms with van der Waals surface area (Å²) in [7, 11) is 1.71. The van der Waals surface area contributed by atoms with Crippen LogP contribution >= 0.6 is 0 Å². The first-order valence-electron chi connectivity index (χ1n) is 6.65. The van der Waals surface area contributed by atoms with Gasteiger partial charge in [-0.2, -0.15) is 5.10 Å². The van der Waals surface area contributed by atoms with E-state index in [0.717, 1.165) is 5.69 Å². The van der Waals surface area contributed by atoms with E-state index in [9.17, 15) is 14.0 Å². The normalized spacial score (nSPS) is 12.0. The molecule has 1 aromatic heterocycles. The van der Waals surface area contributed by atoms with Crippen molar-refractivity contribution < 1.29 is 19.1 Å². The fourth-order valence-electron chi connectivity index (χ4n) is 2.03. The first-order valence-corrected chi connectivity index (χ1v) is 6.65. The van der Waals surface area contributed by atoms with Gasteiger partial charge in [-0.25, -0.2) is 4.39 Å². The Morgan fingerprint density at radius 3 is 2.50 bits per heavy atom. The third-order valence-electron chi connectivity index (χ3n) is 3.30. The summed E-state index contributed by atoms with van der Waals surface area (Å²) in [5.41, 5.74) is 1.53. The first kappa shape index (κ1) is 15.7. The van der Waals surface area contributed by atoms with Gasteiger partial charge in [0.2, 0.25) is 0 Å². The molecule has 0 aliphatic heterocycles. The van der Waals surface area contributed by atoms with E-state index < -0.39 is 23.7 Å². The van der Waals surface area contributed by atoms with Gasteiger partial charge in [0.15, 0.2) is 0 Å². The summed E-state index contributed by atoms with van der Waals surface area (Å²) in [6.07, 6.45) is -0.302. The predicted octanol–water partition coefficient (Wildman–Crippen LogP) is 1.81. The van der Waals surface area contributed by atoms with Gasteiger partial charge in [0, 0.05) is 12.7 Å². The Kier molecular flexibility index (Phi) is 4.55. The van der Waals surface area contributed by atoms with Crippen LogP contribution in [0.1, 0.15) is 34.2 Å². The lowest BCUT2D eigenvalue weighted by Crippen LogP contribution is -2.30. The highest BCUT2D eigenvalue weighted by Crippen LogP contribution is 2.18. The van der Waals surface area contributed by atoms with Crippen molar-refractivity contribution in [2.75, 3.05) is 0 Å². The molecule has 0 radical (unpaired) electrons. The number of nitrogens with one attached hydrogen (secondary N) is 1. The summed E-state index contributed by atoms with van der Waals surface area (Å²) in [6.45, 7) is 1.80. The van der Waals surface area contributed by atoms with E-state index in [1.165, 1.54) is 24.3 Å². The number of nitrogens with zero attached hydrogens (tertiary/aromatic N) is 2. The molecule has 0 spiro atoms. The number of halogens is 1. The molecular weight excluding hydrogens is 289 g/mol. The minimum atomic E-state index is -1.06. The summed E-state index contributed by atoms with van der Waals surface area (Å²) >= 11 is 0. The Bertz CT molecular complexity index is 675. The van der Waals surface area contributed by atoms with Gasteiger partial charge in [-0.15, -0.1) is 0 Å². The average Bonchev–Trinajstić information content (AvgIpc) is 2.78. The van der Waals surface area contributed by atoms with Crippen LogP contribution in [-0.2, 0) is 11.8 Å². The molecule has 1 unspecified atom stereocenters. The van der Waals surface area contributed by atoms with E-state index in [2.05, 4.69) is 10.4 Å². The van der Waals surface area contributed by atoms with Crippen molar-refractivity contribution in [1.29, 1.82) is 0 Å². The van der Waals surface area contributed by atoms with E-state index in [4.69, 9.17) is 5.11 Å². The molecule has 0 bridgehead atoms. The number of benzene rings is 1. The van der Waals surface area contributed by atoms with E-state index in [1.54, 1.807) is 24.7 Å². The zero-order valence-corrected chi connectivity index (χ0v) is 12.2. The Balaban J connectivity index is 2.20. The second-order valence-corrected chi connectivity index (χ2v) is 4.97. The number of aryl methyl sites for hydroxylation is 2. The number of aliphatic carboxylic acids is 1. The molecule has 1 atom stereocenters. The van der Waals surface area contributed by atoms with Crippen LogP contribution in [0.5, 0.6) is 0 Å². The van der Waals surface area contributed by atoms with E-state index >= 15 is 0 Å². The number of hydrogen-bond acceptors (Lipinski definition) is 3. The number of carboxylic acid groups (broad SMARTS) is 1. The second kappa shape index (κ2) is 6.38. The molecule has 1 heterocycles. The van der Waals surface area contributed by atoms with Gasteiger partial charge in [-0.3, -0.25) is 14.3 Å². The number of rotatable bonds is 5. The van der Waals surface area contributed by atoms with Crippen molar-refractivity contribution >= 4 is 11.9 Å². The summed E-state index contributed by atoms with van der Waals surface area (Å²) in [5.74, 6) is -1.96. The lowest BCUT2D eigenvalue weighted by Gasteiger charge is -2.16. The SMILES string of the molecule is Cc1cc(C(=O)NC(CC(=O)O)c2ccc(F)cc2)nn1C. The Morgan fingerprint density at radius 1 is 1.36 bits per heavy atom. The molecule has 22 heavy (non-hydrogen) atoms. The van der Waals surface area contributed by atoms with E-state index in [-0.39, 0.29) is 12.1 Å². The monoisotopic (exact) mass is 305 g/mol. The Labute approximate surface area is 126 Å². The molecule has 0 fully saturated rings. The average molecular weight is 305 g/mol. The van der Waals surface area contributed by atoms with Crippen molar-refractivity contribution in [2.24, 2.45) is 7.05 Å². The summed E-state index contributed by atoms with van der Waals surface area (Å²) in [5, 5.41) is 15.7. The van der Waals surface area contributed by atoms with E-state index in [1.807, 2.05) is 0 Å². The van der Waals surface area contributed by atoms with Crippen LogP contribution in [0.4, 0.5) is 4.39 Å². The highest BCUT2D eigenvalue weighted by Gasteiger charge is 2.20. The van der Waals surface area contributed by atoms with Crippen molar-refractivity contribution in [3.8, 4) is 0 Å². The molecule has 116 valence electrons. The number of amides is 1. The van der Waals surface area contributed by atoms with E-state index in [0.29, 0.717) is 5.56 Å². The molecule has 0 saturated carbocycles. The zero-order chi connectivity index (χ0) is 16.3. The maximum absolute atomic E-state index is 13.0. The lowest BCUT2D eigenvalue weighted by molar-refractivity contribution is -0.137. The van der Waals surface area contributed by atoms with Crippen LogP contribution in [-0.4, -0.2) is 26.8 Å². The quantitative estimate of drug-likeness (QED) is 0.882. The topological polar surface area (TPSA) is 84.2 Å². The standard InChI is InChI=1S/C15H16FN3O3/c1-9-7-13(18-19(9)2)15(22)17-12(8-14(20)21)10-3-5-11(16)6-4-10/h3-7,12H,8H2,1-2H3,(H,17,22)(H,20,21). The molecule has 2 N–H and O–H groups in total. The Hall–Kier alpha value is -2.70. The van der Waals surface area contributed by atoms with Gasteiger partial charge in [-0.05, 0) is 30.7 Å². The van der Waals surface area contributed by atoms with Crippen LogP contribution in [0.25, 0.3) is 0 Å². The van der Waals surface area contributed by atoms with Gasteiger partial charge < -0.3 is 10.4 Å². The van der Waals surface area contributed by atoms with Crippen molar-refractivity contribution in [1.82, 2.24) is 15.1 Å². The molecule has 1 amide bonds. The molecule has 0 aliphatic rings. The number of hydrogen-bond donors (Lipinski definition) is 2. The minimum absolute atomic E-state index is 0.206. The highest BCUT2D eigenvalue weighted by atomic mass is 19.1. The molecule has 6 nitrogen and oxygen atoms in total. The fourth-order valence-corrected chi connectivity index (χ4v) is 2.03. The third kappa shape index (κ3) is 3.69. The molecule has 1 aromatic carbocycles. The van der Waals surface area contributed by atoms with Gasteiger partial charge in [0.05, 0.1) is 12.5 Å². The second-order valence-electron chi connectivity index (χ2n) is 4.97. The van der Waals surface area contributed by atoms with Gasteiger partial charge in [-0.1, -0.05) is 12.1 Å². The number of carboxylic acids is 1. The molecular formula is C15H16FN3O3. The Morgan fingerprint density at radius 2 is 2.00 bits per heavy atom. The van der Waals surface area contributed by atoms with Crippen LogP contribution in [0.3, 0.4) is 0 Å². The molecule has 2 aromatic rings. The van der Waals surface area contributed by atoms with Crippen molar-refractivity contribution in [3.05, 3.63) is 53.1 Å². The maximum atomic E-state index is 13.0. The number of carbonyl (C=O) groups is 2. The smallest absolute Gasteiger partial charge is 0.305 e. The van der Waals surface area contributed by atoms with Crippen molar-refractivity contribution in [3.63, 3.8) is 0 Å². The lowest BCUT2D eigenvalue weighted by atomic mass is 10.0. The molecule has 7 heteroatoms. The van der Waals surface area contributed by atoms with Crippen LogP contribution in [0.2, 0.25) is 0 Å². The highest BCUT2D eigenvalue weighted by molar-refractivity contribution is 5.92. The maximum Gasteiger partial charge on any atom is 0.305 e. The van der Waals surface area contributed by atoms with Crippen LogP contribution in [0, 0.1) is 12.7 Å². The summed E-state index contributed by atoms with van der Waals surface area (Å²) in [6, 6.07) is 6.20. The number of carbonyl (C=O) groups excluding carboxylic acids is 1. The fraction of sp³-hybridized carbons (Fsp3) is 0.267. The van der Waals surface area contributed by atoms with Crippen LogP contribution < -0.4 is 5.32 Å². The first-order chi connectivity index (χ1) is 10.4. The van der Waals surface area contributed by atoms with Crippen molar-refractivity contribution in [2.45, 2.75) is 19.4 Å². The third-order valence-corrected chi connectivity index (χ3v) is 3.30. The summed E-state index contributed by atoms with van der Waals surface area (Å²) in [4.78, 5) is 23.2. The van der Waals surface area contributed by atoms with Crippen LogP contribution in [0.15, 0.2) is 30.3 Å². The van der Waals surface area contributed by atoms with Gasteiger partial charge >= 0.3 is 5.97 Å². The predicted molar refractivity (Wildman–Crippen MR) is 76.8 cm³/mol. The molecule has 0 aliphatic carbocycles. The number of aromatic nitrogens is 2. The molecule has 2 rings (SSSR count). The largest absolute Gasteiger partial charge is 0.481 e. The minimum Gasteiger partial charge on any atom is -0.481 e.